The molecule has 0 atom stereocenters. The van der Waals surface area contributed by atoms with Crippen LogP contribution in [0.25, 0.3) is 0 Å². The summed E-state index contributed by atoms with van der Waals surface area (Å²) in [5, 5.41) is 6.64. The van der Waals surface area contributed by atoms with E-state index in [0.29, 0.717) is 6.54 Å². The van der Waals surface area contributed by atoms with Crippen molar-refractivity contribution in [2.45, 2.75) is 39.7 Å². The van der Waals surface area contributed by atoms with Crippen LogP contribution >= 0.6 is 0 Å². The summed E-state index contributed by atoms with van der Waals surface area (Å²) in [5.74, 6) is 0.769. The number of fused-ring (bicyclic) bond motifs is 1. The van der Waals surface area contributed by atoms with Gasteiger partial charge in [0.2, 0.25) is 0 Å². The molecule has 0 saturated carbocycles. The molecule has 1 fully saturated rings. The van der Waals surface area contributed by atoms with Gasteiger partial charge in [0.15, 0.2) is 0 Å². The Morgan fingerprint density at radius 2 is 2.16 bits per heavy atom. The number of anilines is 3. The van der Waals surface area contributed by atoms with Gasteiger partial charge in [0, 0.05) is 69.0 Å². The molecule has 0 radical (unpaired) electrons. The number of rotatable bonds is 3. The van der Waals surface area contributed by atoms with Crippen LogP contribution in [-0.2, 0) is 13.5 Å². The fourth-order valence-electron chi connectivity index (χ4n) is 4.48. The second-order valence-corrected chi connectivity index (χ2v) is 9.01. The first-order valence-corrected chi connectivity index (χ1v) is 11.0. The van der Waals surface area contributed by atoms with Gasteiger partial charge in [0.25, 0.3) is 0 Å². The predicted molar refractivity (Wildman–Crippen MR) is 125 cm³/mol. The van der Waals surface area contributed by atoms with Crippen LogP contribution in [0, 0.1) is 6.92 Å². The normalized spacial score (nSPS) is 18.3. The van der Waals surface area contributed by atoms with Crippen LogP contribution < -0.4 is 25.9 Å². The largest absolute Gasteiger partial charge is 0.368 e. The number of carbonyl (C=O) groups is 1. The molecule has 31 heavy (non-hydrogen) atoms. The fourth-order valence-corrected chi connectivity index (χ4v) is 4.48. The Bertz CT molecular complexity index is 1060. The quantitative estimate of drug-likeness (QED) is 0.795. The average Bonchev–Trinajstić information content (AvgIpc) is 3.15. The maximum absolute atomic E-state index is 13.2. The summed E-state index contributed by atoms with van der Waals surface area (Å²) in [7, 11) is 1.94. The first-order valence-electron chi connectivity index (χ1n) is 11.0. The van der Waals surface area contributed by atoms with Gasteiger partial charge in [-0.15, -0.1) is 0 Å². The maximum atomic E-state index is 13.2. The Labute approximate surface area is 184 Å². The molecule has 8 nitrogen and oxygen atoms in total. The van der Waals surface area contributed by atoms with Crippen molar-refractivity contribution in [1.82, 2.24) is 14.9 Å². The maximum Gasteiger partial charge on any atom is 0.327 e. The van der Waals surface area contributed by atoms with Crippen molar-refractivity contribution in [3.05, 3.63) is 41.1 Å². The molecule has 2 aliphatic heterocycles. The van der Waals surface area contributed by atoms with E-state index < -0.39 is 0 Å². The molecule has 2 N–H and O–H groups in total. The number of amides is 2. The molecular weight excluding hydrogens is 390 g/mol. The summed E-state index contributed by atoms with van der Waals surface area (Å²) in [4.78, 5) is 26.4. The molecule has 8 heteroatoms. The van der Waals surface area contributed by atoms with Crippen LogP contribution in [0.5, 0.6) is 0 Å². The van der Waals surface area contributed by atoms with Gasteiger partial charge in [-0.2, -0.15) is 0 Å². The molecule has 0 aliphatic carbocycles. The van der Waals surface area contributed by atoms with E-state index >= 15 is 0 Å². The van der Waals surface area contributed by atoms with Crippen molar-refractivity contribution in [1.29, 1.82) is 0 Å². The Morgan fingerprint density at radius 1 is 1.35 bits per heavy atom. The molecule has 2 aromatic rings. The molecule has 1 saturated heterocycles. The van der Waals surface area contributed by atoms with E-state index in [1.165, 1.54) is 5.69 Å². The van der Waals surface area contributed by atoms with Crippen LogP contribution in [0.1, 0.15) is 31.9 Å². The Morgan fingerprint density at radius 3 is 2.90 bits per heavy atom. The van der Waals surface area contributed by atoms with Gasteiger partial charge < -0.3 is 20.1 Å². The molecule has 0 spiro atoms. The summed E-state index contributed by atoms with van der Waals surface area (Å²) in [6.07, 6.45) is 4.56. The topological polar surface area (TPSA) is 77.8 Å². The lowest BCUT2D eigenvalue weighted by Gasteiger charge is -2.41. The smallest absolute Gasteiger partial charge is 0.327 e. The average molecular weight is 424 g/mol. The molecule has 166 valence electrons. The van der Waals surface area contributed by atoms with E-state index in [9.17, 15) is 4.79 Å². The van der Waals surface area contributed by atoms with Gasteiger partial charge >= 0.3 is 6.03 Å². The van der Waals surface area contributed by atoms with E-state index in [-0.39, 0.29) is 11.6 Å². The fraction of sp³-hybridized carbons (Fsp3) is 0.522. The Hall–Kier alpha value is -2.87. The SMILES string of the molecule is CCN=c1cc(C)c(NC(=O)N2CCc3c(N4CCNC(C)(C)C4)ccnc32)cn1C. The van der Waals surface area contributed by atoms with Crippen molar-refractivity contribution in [3.63, 3.8) is 0 Å². The zero-order valence-electron chi connectivity index (χ0n) is 19.2. The van der Waals surface area contributed by atoms with Crippen molar-refractivity contribution in [2.75, 3.05) is 47.8 Å². The second-order valence-electron chi connectivity index (χ2n) is 9.01. The van der Waals surface area contributed by atoms with E-state index in [0.717, 1.165) is 60.7 Å². The highest BCUT2D eigenvalue weighted by Gasteiger charge is 2.32. The molecular formula is C23H33N7O. The minimum absolute atomic E-state index is 0.0628. The molecule has 0 unspecified atom stereocenters. The van der Waals surface area contributed by atoms with E-state index in [2.05, 4.69) is 45.4 Å². The second kappa shape index (κ2) is 8.34. The lowest BCUT2D eigenvalue weighted by molar-refractivity contribution is 0.257. The third-order valence-electron chi connectivity index (χ3n) is 6.02. The minimum Gasteiger partial charge on any atom is -0.368 e. The van der Waals surface area contributed by atoms with Gasteiger partial charge in [0.05, 0.1) is 5.69 Å². The number of urea groups is 1. The van der Waals surface area contributed by atoms with E-state index in [4.69, 9.17) is 0 Å². The molecule has 0 bridgehead atoms. The minimum atomic E-state index is -0.146. The van der Waals surface area contributed by atoms with Crippen LogP contribution in [0.4, 0.5) is 22.0 Å². The first-order chi connectivity index (χ1) is 14.8. The van der Waals surface area contributed by atoms with E-state index in [1.807, 2.05) is 43.9 Å². The van der Waals surface area contributed by atoms with Gasteiger partial charge in [0.1, 0.15) is 11.3 Å². The highest BCUT2D eigenvalue weighted by Crippen LogP contribution is 2.35. The van der Waals surface area contributed by atoms with Crippen molar-refractivity contribution < 1.29 is 4.79 Å². The number of carbonyl (C=O) groups excluding carboxylic acids is 1. The number of piperazine rings is 1. The molecule has 4 heterocycles. The van der Waals surface area contributed by atoms with Crippen molar-refractivity contribution in [2.24, 2.45) is 12.0 Å². The van der Waals surface area contributed by atoms with Gasteiger partial charge in [-0.05, 0) is 51.8 Å². The highest BCUT2D eigenvalue weighted by atomic mass is 16.2. The highest BCUT2D eigenvalue weighted by molar-refractivity contribution is 6.03. The zero-order valence-corrected chi connectivity index (χ0v) is 19.2. The van der Waals surface area contributed by atoms with Gasteiger partial charge in [-0.1, -0.05) is 0 Å². The third-order valence-corrected chi connectivity index (χ3v) is 6.02. The van der Waals surface area contributed by atoms with Gasteiger partial charge in [-0.3, -0.25) is 9.89 Å². The molecule has 0 aromatic carbocycles. The number of aromatic nitrogens is 2. The lowest BCUT2D eigenvalue weighted by atomic mass is 10.0. The summed E-state index contributed by atoms with van der Waals surface area (Å²) in [6, 6.07) is 3.94. The number of pyridine rings is 2. The summed E-state index contributed by atoms with van der Waals surface area (Å²) in [6.45, 7) is 12.6. The standard InChI is InChI=1S/C23H33N7O/c1-6-24-20-13-16(2)18(14-28(20)5)27-22(31)30-11-8-17-19(7-9-25-21(17)30)29-12-10-26-23(3,4)15-29/h7,9,13-14,26H,6,8,10-12,15H2,1-5H3,(H,27,31). The van der Waals surface area contributed by atoms with Crippen LogP contribution in [-0.4, -0.2) is 53.8 Å². The lowest BCUT2D eigenvalue weighted by Crippen LogP contribution is -2.57. The van der Waals surface area contributed by atoms with Crippen molar-refractivity contribution >= 4 is 23.2 Å². The van der Waals surface area contributed by atoms with E-state index in [1.54, 1.807) is 4.90 Å². The van der Waals surface area contributed by atoms with Crippen LogP contribution in [0.3, 0.4) is 0 Å². The zero-order chi connectivity index (χ0) is 22.2. The first kappa shape index (κ1) is 21.4. The number of hydrogen-bond donors (Lipinski definition) is 2. The number of nitrogens with zero attached hydrogens (tertiary/aromatic N) is 5. The summed E-state index contributed by atoms with van der Waals surface area (Å²) < 4.78 is 1.94. The van der Waals surface area contributed by atoms with Gasteiger partial charge in [-0.25, -0.2) is 9.78 Å². The Kier molecular flexibility index (Phi) is 5.75. The monoisotopic (exact) mass is 423 g/mol. The molecule has 2 amide bonds. The summed E-state index contributed by atoms with van der Waals surface area (Å²) >= 11 is 0. The van der Waals surface area contributed by atoms with Crippen LogP contribution in [0.15, 0.2) is 29.5 Å². The Balaban J connectivity index is 1.57. The number of aryl methyl sites for hydroxylation is 2. The number of hydrogen-bond acceptors (Lipinski definition) is 5. The summed E-state index contributed by atoms with van der Waals surface area (Å²) in [5.41, 5.74) is 5.10. The van der Waals surface area contributed by atoms with Crippen LogP contribution in [0.2, 0.25) is 0 Å². The predicted octanol–water partition coefficient (Wildman–Crippen LogP) is 2.43. The number of nitrogens with one attached hydrogen (secondary N) is 2. The molecule has 4 rings (SSSR count). The molecule has 2 aliphatic rings. The van der Waals surface area contributed by atoms with Crippen molar-refractivity contribution in [3.8, 4) is 0 Å². The molecule has 2 aromatic heterocycles. The third kappa shape index (κ3) is 4.30.